The fourth-order valence-electron chi connectivity index (χ4n) is 3.93. The van der Waals surface area contributed by atoms with Crippen LogP contribution in [0.5, 0.6) is 5.88 Å². The molecule has 2 aliphatic rings. The van der Waals surface area contributed by atoms with E-state index in [2.05, 4.69) is 9.97 Å². The Morgan fingerprint density at radius 1 is 1.31 bits per heavy atom. The monoisotopic (exact) mass is 421 g/mol. The van der Waals surface area contributed by atoms with Crippen molar-refractivity contribution in [2.45, 2.75) is 25.9 Å². The summed E-state index contributed by atoms with van der Waals surface area (Å²) in [5, 5.41) is 6.02. The molecule has 2 aromatic rings. The molecule has 0 bridgehead atoms. The van der Waals surface area contributed by atoms with Gasteiger partial charge in [0.25, 0.3) is 10.2 Å². The predicted molar refractivity (Wildman–Crippen MR) is 106 cm³/mol. The summed E-state index contributed by atoms with van der Waals surface area (Å²) in [7, 11) is -2.17. The number of aromatic nitrogens is 2. The maximum Gasteiger partial charge on any atom is 0.414 e. The molecule has 1 amide bonds. The maximum absolute atomic E-state index is 12.6. The third kappa shape index (κ3) is 3.98. The lowest BCUT2D eigenvalue weighted by atomic mass is 9.99. The van der Waals surface area contributed by atoms with Crippen molar-refractivity contribution in [1.82, 2.24) is 14.3 Å². The van der Waals surface area contributed by atoms with Gasteiger partial charge in [0.1, 0.15) is 6.61 Å². The summed E-state index contributed by atoms with van der Waals surface area (Å²) >= 11 is 0. The molecule has 2 N–H and O–H groups in total. The number of ether oxygens (including phenoxy) is 2. The van der Waals surface area contributed by atoms with Crippen LogP contribution in [-0.4, -0.2) is 55.5 Å². The molecule has 156 valence electrons. The highest BCUT2D eigenvalue weighted by Gasteiger charge is 2.32. The largest absolute Gasteiger partial charge is 0.481 e. The number of methoxy groups -OCH3 is 1. The SMILES string of the molecule is COc1ccc2c3c(cnc2n1)COC(=O)N3CC1CCCN(S(N)(=O)=O)CC1. The molecule has 0 spiro atoms. The van der Waals surface area contributed by atoms with E-state index in [0.29, 0.717) is 44.0 Å². The number of anilines is 1. The minimum Gasteiger partial charge on any atom is -0.481 e. The topological polar surface area (TPSA) is 128 Å². The van der Waals surface area contributed by atoms with E-state index in [4.69, 9.17) is 14.6 Å². The Balaban J connectivity index is 1.63. The van der Waals surface area contributed by atoms with Gasteiger partial charge in [-0.1, -0.05) is 0 Å². The van der Waals surface area contributed by atoms with Crippen LogP contribution in [0.3, 0.4) is 0 Å². The molecule has 11 heteroatoms. The summed E-state index contributed by atoms with van der Waals surface area (Å²) in [6.07, 6.45) is 3.34. The highest BCUT2D eigenvalue weighted by atomic mass is 32.2. The van der Waals surface area contributed by atoms with Crippen molar-refractivity contribution in [1.29, 1.82) is 0 Å². The molecule has 1 fully saturated rings. The van der Waals surface area contributed by atoms with Gasteiger partial charge in [0.05, 0.1) is 12.8 Å². The molecule has 29 heavy (non-hydrogen) atoms. The molecule has 4 heterocycles. The van der Waals surface area contributed by atoms with Crippen molar-refractivity contribution in [2.24, 2.45) is 11.1 Å². The summed E-state index contributed by atoms with van der Waals surface area (Å²) in [6.45, 7) is 1.32. The summed E-state index contributed by atoms with van der Waals surface area (Å²) < 4.78 is 35.1. The zero-order chi connectivity index (χ0) is 20.6. The molecule has 0 radical (unpaired) electrons. The number of hydrogen-bond acceptors (Lipinski definition) is 7. The Morgan fingerprint density at radius 3 is 2.90 bits per heavy atom. The van der Waals surface area contributed by atoms with Gasteiger partial charge in [-0.15, -0.1) is 0 Å². The van der Waals surface area contributed by atoms with E-state index < -0.39 is 16.3 Å². The number of nitrogens with zero attached hydrogens (tertiary/aromatic N) is 4. The number of nitrogens with two attached hydrogens (primary N) is 1. The number of hydrogen-bond donors (Lipinski definition) is 1. The van der Waals surface area contributed by atoms with Crippen molar-refractivity contribution in [2.75, 3.05) is 31.6 Å². The zero-order valence-electron chi connectivity index (χ0n) is 16.1. The number of carbonyl (C=O) groups excluding carboxylic acids is 1. The number of fused-ring (bicyclic) bond motifs is 3. The van der Waals surface area contributed by atoms with Crippen LogP contribution in [-0.2, 0) is 21.6 Å². The second kappa shape index (κ2) is 7.73. The molecule has 2 aliphatic heterocycles. The molecule has 2 aromatic heterocycles. The highest BCUT2D eigenvalue weighted by Crippen LogP contribution is 2.35. The van der Waals surface area contributed by atoms with Crippen LogP contribution in [0.15, 0.2) is 18.3 Å². The number of rotatable bonds is 4. The Morgan fingerprint density at radius 2 is 2.14 bits per heavy atom. The van der Waals surface area contributed by atoms with Gasteiger partial charge in [0, 0.05) is 42.8 Å². The molecular formula is C18H23N5O5S. The first-order chi connectivity index (χ1) is 13.9. The fraction of sp³-hybridized carbons (Fsp3) is 0.500. The number of pyridine rings is 2. The average molecular weight is 421 g/mol. The minimum absolute atomic E-state index is 0.120. The lowest BCUT2D eigenvalue weighted by Gasteiger charge is -2.32. The summed E-state index contributed by atoms with van der Waals surface area (Å²) in [5.41, 5.74) is 2.04. The predicted octanol–water partition coefficient (Wildman–Crippen LogP) is 1.40. The third-order valence-corrected chi connectivity index (χ3v) is 6.49. The third-order valence-electron chi connectivity index (χ3n) is 5.41. The smallest absolute Gasteiger partial charge is 0.414 e. The first kappa shape index (κ1) is 19.8. The first-order valence-corrected chi connectivity index (χ1v) is 10.9. The minimum atomic E-state index is -3.70. The van der Waals surface area contributed by atoms with E-state index >= 15 is 0 Å². The van der Waals surface area contributed by atoms with Crippen molar-refractivity contribution in [3.63, 3.8) is 0 Å². The molecule has 1 atom stereocenters. The lowest BCUT2D eigenvalue weighted by molar-refractivity contribution is 0.140. The zero-order valence-corrected chi connectivity index (χ0v) is 16.9. The van der Waals surface area contributed by atoms with Gasteiger partial charge < -0.3 is 9.47 Å². The molecule has 0 aromatic carbocycles. The van der Waals surface area contributed by atoms with Crippen molar-refractivity contribution < 1.29 is 22.7 Å². The molecule has 0 aliphatic carbocycles. The summed E-state index contributed by atoms with van der Waals surface area (Å²) in [4.78, 5) is 23.0. The second-order valence-electron chi connectivity index (χ2n) is 7.26. The average Bonchev–Trinajstić information content (AvgIpc) is 2.95. The number of amides is 1. The van der Waals surface area contributed by atoms with Crippen molar-refractivity contribution in [3.8, 4) is 5.88 Å². The number of cyclic esters (lactones) is 1. The van der Waals surface area contributed by atoms with Gasteiger partial charge in [0.2, 0.25) is 5.88 Å². The summed E-state index contributed by atoms with van der Waals surface area (Å²) in [6, 6.07) is 3.58. The van der Waals surface area contributed by atoms with Crippen LogP contribution in [0.2, 0.25) is 0 Å². The van der Waals surface area contributed by atoms with Crippen molar-refractivity contribution >= 4 is 33.0 Å². The Bertz CT molecular complexity index is 1040. The van der Waals surface area contributed by atoms with Crippen LogP contribution in [0.25, 0.3) is 11.0 Å². The van der Waals surface area contributed by atoms with Crippen LogP contribution in [0.1, 0.15) is 24.8 Å². The highest BCUT2D eigenvalue weighted by molar-refractivity contribution is 7.86. The van der Waals surface area contributed by atoms with Gasteiger partial charge in [-0.2, -0.15) is 17.7 Å². The quantitative estimate of drug-likeness (QED) is 0.790. The van der Waals surface area contributed by atoms with Crippen LogP contribution in [0, 0.1) is 5.92 Å². The molecule has 1 saturated heterocycles. The normalized spacial score (nSPS) is 20.8. The van der Waals surface area contributed by atoms with E-state index in [1.165, 1.54) is 11.4 Å². The Kier molecular flexibility index (Phi) is 5.28. The molecule has 10 nitrogen and oxygen atoms in total. The van der Waals surface area contributed by atoms with Gasteiger partial charge in [-0.05, 0) is 31.2 Å². The molecule has 4 rings (SSSR count). The van der Waals surface area contributed by atoms with E-state index in [0.717, 1.165) is 23.1 Å². The van der Waals surface area contributed by atoms with Crippen LogP contribution < -0.4 is 14.8 Å². The maximum atomic E-state index is 12.6. The molecule has 1 unspecified atom stereocenters. The van der Waals surface area contributed by atoms with E-state index in [9.17, 15) is 13.2 Å². The summed E-state index contributed by atoms with van der Waals surface area (Å²) in [5.74, 6) is 0.566. The van der Waals surface area contributed by atoms with E-state index in [-0.39, 0.29) is 12.5 Å². The van der Waals surface area contributed by atoms with Gasteiger partial charge >= 0.3 is 6.09 Å². The first-order valence-electron chi connectivity index (χ1n) is 9.41. The van der Waals surface area contributed by atoms with Crippen LogP contribution >= 0.6 is 0 Å². The van der Waals surface area contributed by atoms with Gasteiger partial charge in [0.15, 0.2) is 5.65 Å². The molecule has 0 saturated carbocycles. The molecular weight excluding hydrogens is 398 g/mol. The van der Waals surface area contributed by atoms with E-state index in [1.807, 2.05) is 6.07 Å². The van der Waals surface area contributed by atoms with Crippen LogP contribution in [0.4, 0.5) is 10.5 Å². The Labute approximate surface area is 168 Å². The standard InChI is InChI=1S/C18H23N5O5S/c1-27-15-5-4-14-16-13(9-20-17(14)21-15)11-28-18(24)23(16)10-12-3-2-7-22(8-6-12)29(19,25)26/h4-5,9,12H,2-3,6-8,10-11H2,1H3,(H2,19,25,26). The van der Waals surface area contributed by atoms with Gasteiger partial charge in [-0.3, -0.25) is 4.90 Å². The second-order valence-corrected chi connectivity index (χ2v) is 8.81. The Hall–Kier alpha value is -2.50. The lowest BCUT2D eigenvalue weighted by Crippen LogP contribution is -2.40. The van der Waals surface area contributed by atoms with Gasteiger partial charge in [-0.25, -0.2) is 14.9 Å². The fourth-order valence-corrected chi connectivity index (χ4v) is 4.68. The number of carbonyl (C=O) groups is 1. The van der Waals surface area contributed by atoms with Crippen molar-refractivity contribution in [3.05, 3.63) is 23.9 Å². The van der Waals surface area contributed by atoms with E-state index in [1.54, 1.807) is 17.2 Å².